The van der Waals surface area contributed by atoms with E-state index in [1.807, 2.05) is 0 Å². The van der Waals surface area contributed by atoms with E-state index in [1.54, 1.807) is 0 Å². The molecule has 0 unspecified atom stereocenters. The van der Waals surface area contributed by atoms with Crippen LogP contribution in [0.1, 0.15) is 47.3 Å². The first-order valence-corrected chi connectivity index (χ1v) is 13.2. The van der Waals surface area contributed by atoms with Crippen molar-refractivity contribution in [2.75, 3.05) is 13.7 Å². The van der Waals surface area contributed by atoms with Gasteiger partial charge >= 0.3 is 12.4 Å². The average Bonchev–Trinajstić information content (AvgIpc) is 3.71. The van der Waals surface area contributed by atoms with Crippen LogP contribution in [0.5, 0.6) is 17.2 Å². The van der Waals surface area contributed by atoms with E-state index < -0.39 is 88.6 Å². The monoisotopic (exact) mass is 632 g/mol. The number of nitrogens with two attached hydrogens (primary N) is 1. The molecule has 5 rings (SSSR count). The molecule has 3 aromatic rings. The summed E-state index contributed by atoms with van der Waals surface area (Å²) in [5.74, 6) is -3.85. The van der Waals surface area contributed by atoms with Crippen LogP contribution >= 0.6 is 0 Å². The van der Waals surface area contributed by atoms with Crippen LogP contribution in [0.15, 0.2) is 42.5 Å². The van der Waals surface area contributed by atoms with E-state index in [1.165, 1.54) is 7.11 Å². The highest BCUT2D eigenvalue weighted by Crippen LogP contribution is 2.52. The summed E-state index contributed by atoms with van der Waals surface area (Å²) in [5.41, 5.74) is -5.00. The molecule has 1 fully saturated rings. The smallest absolute Gasteiger partial charge is 0.422 e. The molecule has 7 nitrogen and oxygen atoms in total. The van der Waals surface area contributed by atoms with Gasteiger partial charge in [-0.25, -0.2) is 13.8 Å². The number of Topliss-reactive ketones (excluding diaryl/α,β-unsaturated/α-hetero) is 1. The lowest BCUT2D eigenvalue weighted by molar-refractivity contribution is -0.270. The number of methoxy groups -OCH3 is 1. The van der Waals surface area contributed by atoms with Crippen LogP contribution in [0.25, 0.3) is 11.3 Å². The molecule has 1 saturated carbocycles. The van der Waals surface area contributed by atoms with Gasteiger partial charge in [-0.05, 0) is 61.7 Å². The Balaban J connectivity index is 1.56. The molecule has 3 N–H and O–H groups in total. The molecular formula is C29H24F8N2O5. The minimum Gasteiger partial charge on any atom is -0.493 e. The lowest BCUT2D eigenvalue weighted by Gasteiger charge is -2.32. The Kier molecular flexibility index (Phi) is 7.77. The van der Waals surface area contributed by atoms with Crippen LogP contribution in [0, 0.1) is 11.6 Å². The topological polar surface area (TPSA) is 104 Å². The van der Waals surface area contributed by atoms with Crippen LogP contribution in [0.4, 0.5) is 35.1 Å². The third-order valence-electron chi connectivity index (χ3n) is 7.49. The van der Waals surface area contributed by atoms with Gasteiger partial charge in [0.15, 0.2) is 34.4 Å². The van der Waals surface area contributed by atoms with E-state index in [2.05, 4.69) is 4.98 Å². The number of aromatic nitrogens is 1. The number of carbonyl (C=O) groups excluding carboxylic acids is 1. The number of ether oxygens (including phenoxy) is 3. The van der Waals surface area contributed by atoms with Crippen molar-refractivity contribution >= 4 is 5.78 Å². The second-order valence-electron chi connectivity index (χ2n) is 10.6. The fraction of sp³-hybridized carbons (Fsp3) is 0.379. The second kappa shape index (κ2) is 10.9. The zero-order chi connectivity index (χ0) is 32.2. The Labute approximate surface area is 244 Å². The summed E-state index contributed by atoms with van der Waals surface area (Å²) < 4.78 is 130. The molecule has 1 aromatic heterocycles. The number of aliphatic hydroxyl groups is 1. The molecule has 1 aliphatic carbocycles. The lowest BCUT2D eigenvalue weighted by atomic mass is 9.85. The summed E-state index contributed by atoms with van der Waals surface area (Å²) in [4.78, 5) is 16.8. The Hall–Kier alpha value is -3.98. The summed E-state index contributed by atoms with van der Waals surface area (Å²) in [5, 5.41) is 11.1. The SMILES string of the molecule is COc1cc(C(=O)CC[C@](O)(c2cc3c(c(-c4ccc(F)cc4)n2)OC[C@@]3(N)C(F)(F)F)C(F)(F)F)cc(F)c1OC1CC1. The Morgan fingerprint density at radius 3 is 2.32 bits per heavy atom. The van der Waals surface area contributed by atoms with Crippen LogP contribution in [0.2, 0.25) is 0 Å². The number of ketones is 1. The van der Waals surface area contributed by atoms with Crippen molar-refractivity contribution in [1.29, 1.82) is 0 Å². The molecule has 236 valence electrons. The molecule has 0 spiro atoms. The highest BCUT2D eigenvalue weighted by atomic mass is 19.4. The first-order chi connectivity index (χ1) is 20.5. The van der Waals surface area contributed by atoms with E-state index >= 15 is 0 Å². The van der Waals surface area contributed by atoms with Crippen molar-refractivity contribution in [3.63, 3.8) is 0 Å². The first kappa shape index (κ1) is 31.4. The van der Waals surface area contributed by atoms with Crippen molar-refractivity contribution in [3.05, 3.63) is 70.9 Å². The van der Waals surface area contributed by atoms with Crippen molar-refractivity contribution in [2.45, 2.75) is 55.3 Å². The normalized spacial score (nSPS) is 19.6. The predicted octanol–water partition coefficient (Wildman–Crippen LogP) is 6.10. The number of hydrogen-bond acceptors (Lipinski definition) is 7. The van der Waals surface area contributed by atoms with Crippen LogP contribution < -0.4 is 19.9 Å². The Morgan fingerprint density at radius 2 is 1.75 bits per heavy atom. The molecule has 1 aliphatic heterocycles. The quantitative estimate of drug-likeness (QED) is 0.217. The zero-order valence-corrected chi connectivity index (χ0v) is 22.8. The van der Waals surface area contributed by atoms with Crippen LogP contribution in [0.3, 0.4) is 0 Å². The third kappa shape index (κ3) is 5.54. The number of alkyl halides is 6. The minimum absolute atomic E-state index is 0.132. The van der Waals surface area contributed by atoms with Crippen LogP contribution in [-0.4, -0.2) is 48.0 Å². The summed E-state index contributed by atoms with van der Waals surface area (Å²) in [6, 6.07) is 6.04. The molecule has 2 atom stereocenters. The molecule has 0 radical (unpaired) electrons. The van der Waals surface area contributed by atoms with Crippen molar-refractivity contribution in [1.82, 2.24) is 4.98 Å². The van der Waals surface area contributed by atoms with Crippen LogP contribution in [-0.2, 0) is 11.1 Å². The van der Waals surface area contributed by atoms with Gasteiger partial charge in [-0.2, -0.15) is 26.3 Å². The van der Waals surface area contributed by atoms with Gasteiger partial charge in [-0.15, -0.1) is 0 Å². The Bertz CT molecular complexity index is 1590. The molecule has 15 heteroatoms. The van der Waals surface area contributed by atoms with E-state index in [4.69, 9.17) is 19.9 Å². The first-order valence-electron chi connectivity index (χ1n) is 13.2. The van der Waals surface area contributed by atoms with Gasteiger partial charge < -0.3 is 25.1 Å². The molecule has 0 bridgehead atoms. The van der Waals surface area contributed by atoms with E-state index in [9.17, 15) is 45.0 Å². The minimum atomic E-state index is -5.57. The number of halogens is 8. The molecule has 0 amide bonds. The van der Waals surface area contributed by atoms with Crippen molar-refractivity contribution < 1.29 is 59.2 Å². The van der Waals surface area contributed by atoms with Crippen molar-refractivity contribution in [2.24, 2.45) is 5.73 Å². The van der Waals surface area contributed by atoms with Gasteiger partial charge in [0.1, 0.15) is 18.1 Å². The van der Waals surface area contributed by atoms with Gasteiger partial charge in [-0.3, -0.25) is 4.79 Å². The molecule has 2 heterocycles. The highest BCUT2D eigenvalue weighted by Gasteiger charge is 2.61. The number of carbonyl (C=O) groups is 1. The summed E-state index contributed by atoms with van der Waals surface area (Å²) >= 11 is 0. The fourth-order valence-corrected chi connectivity index (χ4v) is 4.73. The standard InChI is InChI=1S/C29H24F8N2O5/c1-42-21-11-15(10-19(31)25(21)44-17-6-7-17)20(40)8-9-27(41,29(35,36)37)22-12-18-24(43-13-26(18,38)28(32,33)34)23(39-22)14-2-4-16(30)5-3-14/h2-5,10-12,17,41H,6-9,13,38H2,1H3/t26-,27-/m0/s1. The predicted molar refractivity (Wildman–Crippen MR) is 137 cm³/mol. The third-order valence-corrected chi connectivity index (χ3v) is 7.49. The van der Waals surface area contributed by atoms with Crippen molar-refractivity contribution in [3.8, 4) is 28.5 Å². The molecule has 2 aromatic carbocycles. The van der Waals surface area contributed by atoms with Gasteiger partial charge in [-0.1, -0.05) is 0 Å². The average molecular weight is 633 g/mol. The number of nitrogens with zero attached hydrogens (tertiary/aromatic N) is 1. The fourth-order valence-electron chi connectivity index (χ4n) is 4.73. The van der Waals surface area contributed by atoms with Gasteiger partial charge in [0, 0.05) is 23.1 Å². The van der Waals surface area contributed by atoms with E-state index in [0.717, 1.165) is 36.4 Å². The Morgan fingerprint density at radius 1 is 1.09 bits per heavy atom. The molecule has 0 saturated heterocycles. The molecular weight excluding hydrogens is 608 g/mol. The maximum absolute atomic E-state index is 14.8. The summed E-state index contributed by atoms with van der Waals surface area (Å²) in [6.07, 6.45) is -12.1. The number of benzene rings is 2. The molecule has 44 heavy (non-hydrogen) atoms. The number of pyridine rings is 1. The highest BCUT2D eigenvalue weighted by molar-refractivity contribution is 5.96. The largest absolute Gasteiger partial charge is 0.493 e. The van der Waals surface area contributed by atoms with Gasteiger partial charge in [0.05, 0.1) is 18.9 Å². The number of hydrogen-bond donors (Lipinski definition) is 2. The maximum atomic E-state index is 14.8. The molecule has 2 aliphatic rings. The summed E-state index contributed by atoms with van der Waals surface area (Å²) in [7, 11) is 1.17. The zero-order valence-electron chi connectivity index (χ0n) is 22.8. The van der Waals surface area contributed by atoms with Gasteiger partial charge in [0.25, 0.3) is 0 Å². The maximum Gasteiger partial charge on any atom is 0.422 e. The number of fused-ring (bicyclic) bond motifs is 1. The second-order valence-corrected chi connectivity index (χ2v) is 10.6. The van der Waals surface area contributed by atoms with E-state index in [-0.39, 0.29) is 23.2 Å². The van der Waals surface area contributed by atoms with Gasteiger partial charge in [0.2, 0.25) is 5.60 Å². The summed E-state index contributed by atoms with van der Waals surface area (Å²) in [6.45, 7) is -1.21. The lowest BCUT2D eigenvalue weighted by Crippen LogP contribution is -2.52. The van der Waals surface area contributed by atoms with E-state index in [0.29, 0.717) is 18.9 Å². The number of rotatable bonds is 9.